The largest absolute Gasteiger partial charge is 0.318 e. The highest BCUT2D eigenvalue weighted by Crippen LogP contribution is 2.20. The summed E-state index contributed by atoms with van der Waals surface area (Å²) in [6.07, 6.45) is 0. The van der Waals surface area contributed by atoms with E-state index in [-0.39, 0.29) is 0 Å². The standard InChI is InChI=1S/C9H16N2O2S2/c1-3-11(7-6-10-2)15(12,13)9-5-4-8-14-9/h4-5,8,10H,3,6-7H2,1-2H3. The van der Waals surface area contributed by atoms with Gasteiger partial charge in [-0.2, -0.15) is 4.31 Å². The highest BCUT2D eigenvalue weighted by atomic mass is 32.2. The number of rotatable bonds is 6. The maximum Gasteiger partial charge on any atom is 0.252 e. The van der Waals surface area contributed by atoms with Crippen molar-refractivity contribution in [3.63, 3.8) is 0 Å². The summed E-state index contributed by atoms with van der Waals surface area (Å²) in [6.45, 7) is 3.52. The average molecular weight is 248 g/mol. The zero-order valence-electron chi connectivity index (χ0n) is 8.93. The maximum atomic E-state index is 12.0. The Kier molecular flexibility index (Phi) is 4.72. The summed E-state index contributed by atoms with van der Waals surface area (Å²) < 4.78 is 26.0. The van der Waals surface area contributed by atoms with Crippen LogP contribution in [-0.2, 0) is 10.0 Å². The van der Waals surface area contributed by atoms with Crippen molar-refractivity contribution in [2.75, 3.05) is 26.7 Å². The molecule has 1 heterocycles. The van der Waals surface area contributed by atoms with E-state index < -0.39 is 10.0 Å². The highest BCUT2D eigenvalue weighted by molar-refractivity contribution is 7.91. The van der Waals surface area contributed by atoms with Crippen molar-refractivity contribution in [3.05, 3.63) is 17.5 Å². The quantitative estimate of drug-likeness (QED) is 0.816. The molecule has 0 saturated carbocycles. The zero-order chi connectivity index (χ0) is 11.3. The normalized spacial score (nSPS) is 12.2. The molecule has 0 unspecified atom stereocenters. The Balaban J connectivity index is 2.83. The van der Waals surface area contributed by atoms with Gasteiger partial charge in [0.15, 0.2) is 0 Å². The molecule has 1 rings (SSSR count). The fourth-order valence-corrected chi connectivity index (χ4v) is 3.82. The summed E-state index contributed by atoms with van der Waals surface area (Å²) >= 11 is 1.26. The number of likely N-dealkylation sites (N-methyl/N-ethyl adjacent to an activating group) is 2. The molecule has 1 aromatic heterocycles. The predicted octanol–water partition coefficient (Wildman–Crippen LogP) is 0.978. The van der Waals surface area contributed by atoms with Gasteiger partial charge in [-0.3, -0.25) is 0 Å². The first-order valence-corrected chi connectivity index (χ1v) is 7.13. The molecule has 0 saturated heterocycles. The second-order valence-corrected chi connectivity index (χ2v) is 6.14. The molecule has 0 aliphatic rings. The number of hydrogen-bond acceptors (Lipinski definition) is 4. The summed E-state index contributed by atoms with van der Waals surface area (Å²) in [5, 5.41) is 4.72. The minimum atomic E-state index is -3.27. The van der Waals surface area contributed by atoms with E-state index in [4.69, 9.17) is 0 Å². The van der Waals surface area contributed by atoms with Gasteiger partial charge < -0.3 is 5.32 Å². The molecule has 4 nitrogen and oxygen atoms in total. The van der Waals surface area contributed by atoms with Crippen molar-refractivity contribution in [1.82, 2.24) is 9.62 Å². The van der Waals surface area contributed by atoms with Crippen molar-refractivity contribution in [2.24, 2.45) is 0 Å². The van der Waals surface area contributed by atoms with Crippen molar-refractivity contribution in [3.8, 4) is 0 Å². The van der Waals surface area contributed by atoms with Gasteiger partial charge in [0.05, 0.1) is 0 Å². The number of nitrogens with one attached hydrogen (secondary N) is 1. The second-order valence-electron chi connectivity index (χ2n) is 3.03. The van der Waals surface area contributed by atoms with Crippen molar-refractivity contribution >= 4 is 21.4 Å². The molecule has 86 valence electrons. The van der Waals surface area contributed by atoms with Gasteiger partial charge in [0, 0.05) is 19.6 Å². The molecule has 0 aliphatic carbocycles. The lowest BCUT2D eigenvalue weighted by molar-refractivity contribution is 0.427. The molecule has 0 bridgehead atoms. The van der Waals surface area contributed by atoms with Crippen LogP contribution in [0.5, 0.6) is 0 Å². The van der Waals surface area contributed by atoms with Crippen LogP contribution >= 0.6 is 11.3 Å². The zero-order valence-corrected chi connectivity index (χ0v) is 10.6. The van der Waals surface area contributed by atoms with Gasteiger partial charge in [0.2, 0.25) is 0 Å². The molecular formula is C9H16N2O2S2. The van der Waals surface area contributed by atoms with E-state index in [1.165, 1.54) is 15.6 Å². The average Bonchev–Trinajstić information content (AvgIpc) is 2.72. The van der Waals surface area contributed by atoms with Crippen LogP contribution < -0.4 is 5.32 Å². The number of thiophene rings is 1. The van der Waals surface area contributed by atoms with E-state index >= 15 is 0 Å². The van der Waals surface area contributed by atoms with Crippen LogP contribution in [0.2, 0.25) is 0 Å². The lowest BCUT2D eigenvalue weighted by Gasteiger charge is -2.18. The van der Waals surface area contributed by atoms with Crippen LogP contribution in [0, 0.1) is 0 Å². The third kappa shape index (κ3) is 3.01. The van der Waals surface area contributed by atoms with Gasteiger partial charge in [-0.25, -0.2) is 8.42 Å². The van der Waals surface area contributed by atoms with E-state index in [0.717, 1.165) is 0 Å². The molecule has 1 aromatic rings. The molecule has 0 aliphatic heterocycles. The molecule has 15 heavy (non-hydrogen) atoms. The SMILES string of the molecule is CCN(CCNC)S(=O)(=O)c1cccs1. The first kappa shape index (κ1) is 12.6. The Bertz CT molecular complexity index is 373. The number of nitrogens with zero attached hydrogens (tertiary/aromatic N) is 1. The fourth-order valence-electron chi connectivity index (χ4n) is 1.22. The smallest absolute Gasteiger partial charge is 0.252 e. The van der Waals surface area contributed by atoms with Crippen LogP contribution in [0.1, 0.15) is 6.92 Å². The lowest BCUT2D eigenvalue weighted by atomic mass is 10.6. The number of sulfonamides is 1. The fraction of sp³-hybridized carbons (Fsp3) is 0.556. The molecule has 0 aromatic carbocycles. The summed E-state index contributed by atoms with van der Waals surface area (Å²) in [5.41, 5.74) is 0. The number of hydrogen-bond donors (Lipinski definition) is 1. The Morgan fingerprint density at radius 1 is 1.53 bits per heavy atom. The summed E-state index contributed by atoms with van der Waals surface area (Å²) in [6, 6.07) is 3.39. The summed E-state index contributed by atoms with van der Waals surface area (Å²) in [5.74, 6) is 0. The Labute approximate surface area is 95.0 Å². The van der Waals surface area contributed by atoms with Gasteiger partial charge >= 0.3 is 0 Å². The van der Waals surface area contributed by atoms with Crippen LogP contribution in [0.25, 0.3) is 0 Å². The maximum absolute atomic E-state index is 12.0. The molecule has 0 spiro atoms. The van der Waals surface area contributed by atoms with Crippen molar-refractivity contribution < 1.29 is 8.42 Å². The second kappa shape index (κ2) is 5.60. The van der Waals surface area contributed by atoms with Crippen molar-refractivity contribution in [1.29, 1.82) is 0 Å². The molecule has 0 atom stereocenters. The Hall–Kier alpha value is -0.430. The van der Waals surface area contributed by atoms with Crippen LogP contribution in [0.4, 0.5) is 0 Å². The van der Waals surface area contributed by atoms with Gasteiger partial charge in [-0.1, -0.05) is 13.0 Å². The third-order valence-electron chi connectivity index (χ3n) is 2.05. The lowest BCUT2D eigenvalue weighted by Crippen LogP contribution is -2.35. The molecule has 1 N–H and O–H groups in total. The van der Waals surface area contributed by atoms with E-state index in [1.54, 1.807) is 17.5 Å². The van der Waals surface area contributed by atoms with E-state index in [2.05, 4.69) is 5.32 Å². The molecular weight excluding hydrogens is 232 g/mol. The monoisotopic (exact) mass is 248 g/mol. The van der Waals surface area contributed by atoms with Crippen LogP contribution in [0.3, 0.4) is 0 Å². The first-order chi connectivity index (χ1) is 7.12. The molecule has 0 amide bonds. The molecule has 6 heteroatoms. The van der Waals surface area contributed by atoms with Gasteiger partial charge in [-0.05, 0) is 18.5 Å². The predicted molar refractivity (Wildman–Crippen MR) is 62.7 cm³/mol. The van der Waals surface area contributed by atoms with Gasteiger partial charge in [0.1, 0.15) is 4.21 Å². The van der Waals surface area contributed by atoms with E-state index in [0.29, 0.717) is 23.8 Å². The highest BCUT2D eigenvalue weighted by Gasteiger charge is 2.22. The van der Waals surface area contributed by atoms with E-state index in [9.17, 15) is 8.42 Å². The Morgan fingerprint density at radius 3 is 2.73 bits per heavy atom. The Morgan fingerprint density at radius 2 is 2.27 bits per heavy atom. The van der Waals surface area contributed by atoms with Crippen molar-refractivity contribution in [2.45, 2.75) is 11.1 Å². The minimum Gasteiger partial charge on any atom is -0.318 e. The van der Waals surface area contributed by atoms with Crippen LogP contribution in [-0.4, -0.2) is 39.4 Å². The van der Waals surface area contributed by atoms with Gasteiger partial charge in [0.25, 0.3) is 10.0 Å². The molecule has 0 fully saturated rings. The van der Waals surface area contributed by atoms with Crippen LogP contribution in [0.15, 0.2) is 21.7 Å². The summed E-state index contributed by atoms with van der Waals surface area (Å²) in [7, 11) is -1.46. The first-order valence-electron chi connectivity index (χ1n) is 4.81. The topological polar surface area (TPSA) is 49.4 Å². The molecule has 0 radical (unpaired) electrons. The van der Waals surface area contributed by atoms with Gasteiger partial charge in [-0.15, -0.1) is 11.3 Å². The van der Waals surface area contributed by atoms with E-state index in [1.807, 2.05) is 14.0 Å². The minimum absolute atomic E-state index is 0.417. The third-order valence-corrected chi connectivity index (χ3v) is 5.40. The summed E-state index contributed by atoms with van der Waals surface area (Å²) in [4.78, 5) is 0.